The van der Waals surface area contributed by atoms with Gasteiger partial charge in [0.2, 0.25) is 0 Å². The highest BCUT2D eigenvalue weighted by Crippen LogP contribution is 2.32. The first-order chi connectivity index (χ1) is 8.09. The van der Waals surface area contributed by atoms with Gasteiger partial charge in [0.25, 0.3) is 0 Å². The molecular weight excluding hydrogens is 321 g/mol. The van der Waals surface area contributed by atoms with Gasteiger partial charge in [0, 0.05) is 4.47 Å². The molecule has 0 heterocycles. The first-order valence-corrected chi connectivity index (χ1v) is 6.59. The molecule has 1 nitrogen and oxygen atoms in total. The lowest BCUT2D eigenvalue weighted by Gasteiger charge is -2.15. The molecule has 0 amide bonds. The Morgan fingerprint density at radius 1 is 1.06 bits per heavy atom. The highest BCUT2D eigenvalue weighted by Gasteiger charge is 2.14. The fourth-order valence-electron chi connectivity index (χ4n) is 1.64. The lowest BCUT2D eigenvalue weighted by Crippen LogP contribution is -2.12. The number of benzene rings is 2. The van der Waals surface area contributed by atoms with Crippen LogP contribution in [0.3, 0.4) is 0 Å². The van der Waals surface area contributed by atoms with Gasteiger partial charge in [-0.05, 0) is 29.3 Å². The van der Waals surface area contributed by atoms with E-state index in [0.29, 0.717) is 10.0 Å². The van der Waals surface area contributed by atoms with Crippen LogP contribution in [-0.4, -0.2) is 0 Å². The smallest absolute Gasteiger partial charge is 0.0643 e. The summed E-state index contributed by atoms with van der Waals surface area (Å²) in [5.74, 6) is 0. The van der Waals surface area contributed by atoms with Gasteiger partial charge in [0.1, 0.15) is 0 Å². The average molecular weight is 331 g/mol. The first-order valence-electron chi connectivity index (χ1n) is 5.04. The molecule has 0 radical (unpaired) electrons. The maximum atomic E-state index is 6.19. The second-order valence-corrected chi connectivity index (χ2v) is 5.38. The Morgan fingerprint density at radius 2 is 1.76 bits per heavy atom. The van der Waals surface area contributed by atoms with Gasteiger partial charge < -0.3 is 5.73 Å². The molecule has 1 atom stereocenters. The lowest BCUT2D eigenvalue weighted by atomic mass is 10.00. The number of hydrogen-bond donors (Lipinski definition) is 1. The molecule has 0 fully saturated rings. The van der Waals surface area contributed by atoms with E-state index in [0.717, 1.165) is 15.6 Å². The van der Waals surface area contributed by atoms with Crippen LogP contribution in [0.5, 0.6) is 0 Å². The van der Waals surface area contributed by atoms with Crippen LogP contribution in [0.25, 0.3) is 0 Å². The minimum atomic E-state index is -0.279. The van der Waals surface area contributed by atoms with E-state index < -0.39 is 0 Å². The SMILES string of the molecule is NC(c1cccc(Br)c1)c1cccc(Cl)c1Cl. The van der Waals surface area contributed by atoms with E-state index in [9.17, 15) is 0 Å². The fourth-order valence-corrected chi connectivity index (χ4v) is 2.48. The van der Waals surface area contributed by atoms with Crippen LogP contribution in [0.15, 0.2) is 46.9 Å². The summed E-state index contributed by atoms with van der Waals surface area (Å²) in [5, 5.41) is 1.04. The molecule has 0 saturated carbocycles. The second kappa shape index (κ2) is 5.40. The van der Waals surface area contributed by atoms with E-state index in [-0.39, 0.29) is 6.04 Å². The van der Waals surface area contributed by atoms with Crippen molar-refractivity contribution in [3.63, 3.8) is 0 Å². The predicted octanol–water partition coefficient (Wildman–Crippen LogP) is 4.80. The van der Waals surface area contributed by atoms with Gasteiger partial charge in [-0.1, -0.05) is 63.4 Å². The minimum absolute atomic E-state index is 0.279. The molecule has 1 unspecified atom stereocenters. The van der Waals surface area contributed by atoms with Gasteiger partial charge in [-0.2, -0.15) is 0 Å². The maximum Gasteiger partial charge on any atom is 0.0643 e. The Hall–Kier alpha value is -0.540. The summed E-state index contributed by atoms with van der Waals surface area (Å²) < 4.78 is 0.989. The molecule has 2 aromatic carbocycles. The largest absolute Gasteiger partial charge is 0.320 e. The standard InChI is InChI=1S/C13H10BrCl2N/c14-9-4-1-3-8(7-9)13(17)10-5-2-6-11(15)12(10)16/h1-7,13H,17H2. The average Bonchev–Trinajstić information content (AvgIpc) is 2.32. The summed E-state index contributed by atoms with van der Waals surface area (Å²) in [6.07, 6.45) is 0. The van der Waals surface area contributed by atoms with Gasteiger partial charge >= 0.3 is 0 Å². The van der Waals surface area contributed by atoms with Crippen LogP contribution in [0.1, 0.15) is 17.2 Å². The van der Waals surface area contributed by atoms with Gasteiger partial charge in [0.15, 0.2) is 0 Å². The van der Waals surface area contributed by atoms with E-state index in [4.69, 9.17) is 28.9 Å². The highest BCUT2D eigenvalue weighted by molar-refractivity contribution is 9.10. The zero-order chi connectivity index (χ0) is 12.4. The van der Waals surface area contributed by atoms with E-state index >= 15 is 0 Å². The summed E-state index contributed by atoms with van der Waals surface area (Å²) in [6, 6.07) is 13.0. The van der Waals surface area contributed by atoms with Gasteiger partial charge in [-0.25, -0.2) is 0 Å². The molecule has 88 valence electrons. The highest BCUT2D eigenvalue weighted by atomic mass is 79.9. The predicted molar refractivity (Wildman–Crippen MR) is 76.6 cm³/mol. The zero-order valence-corrected chi connectivity index (χ0v) is 11.9. The van der Waals surface area contributed by atoms with Crippen LogP contribution < -0.4 is 5.73 Å². The quantitative estimate of drug-likeness (QED) is 0.840. The van der Waals surface area contributed by atoms with Crippen LogP contribution in [0.2, 0.25) is 10.0 Å². The molecule has 0 bridgehead atoms. The molecule has 2 rings (SSSR count). The molecule has 4 heteroatoms. The van der Waals surface area contributed by atoms with Crippen molar-refractivity contribution in [3.05, 3.63) is 68.1 Å². The third-order valence-corrected chi connectivity index (χ3v) is 3.85. The van der Waals surface area contributed by atoms with Gasteiger partial charge in [-0.15, -0.1) is 0 Å². The minimum Gasteiger partial charge on any atom is -0.320 e. The Labute approximate surface area is 119 Å². The second-order valence-electron chi connectivity index (χ2n) is 3.68. The van der Waals surface area contributed by atoms with Crippen molar-refractivity contribution >= 4 is 39.1 Å². The zero-order valence-electron chi connectivity index (χ0n) is 8.83. The summed E-state index contributed by atoms with van der Waals surface area (Å²) in [5.41, 5.74) is 8.01. The Kier molecular flexibility index (Phi) is 4.10. The molecule has 0 aromatic heterocycles. The van der Waals surface area contributed by atoms with E-state index in [1.165, 1.54) is 0 Å². The third-order valence-electron chi connectivity index (χ3n) is 2.52. The van der Waals surface area contributed by atoms with Crippen molar-refractivity contribution in [1.29, 1.82) is 0 Å². The Balaban J connectivity index is 2.44. The van der Waals surface area contributed by atoms with E-state index in [1.807, 2.05) is 36.4 Å². The molecular formula is C13H10BrCl2N. The Morgan fingerprint density at radius 3 is 2.47 bits per heavy atom. The first kappa shape index (κ1) is 12.9. The molecule has 0 saturated heterocycles. The third kappa shape index (κ3) is 2.83. The summed E-state index contributed by atoms with van der Waals surface area (Å²) in [6.45, 7) is 0. The Bertz CT molecular complexity index is 543. The van der Waals surface area contributed by atoms with Crippen molar-refractivity contribution < 1.29 is 0 Å². The van der Waals surface area contributed by atoms with E-state index in [2.05, 4.69) is 15.9 Å². The molecule has 0 aliphatic carbocycles. The normalized spacial score (nSPS) is 12.5. The van der Waals surface area contributed by atoms with E-state index in [1.54, 1.807) is 6.07 Å². The maximum absolute atomic E-state index is 6.19. The number of nitrogens with two attached hydrogens (primary N) is 1. The summed E-state index contributed by atoms with van der Waals surface area (Å²) in [7, 11) is 0. The van der Waals surface area contributed by atoms with Crippen LogP contribution in [-0.2, 0) is 0 Å². The number of rotatable bonds is 2. The molecule has 2 N–H and O–H groups in total. The van der Waals surface area contributed by atoms with Crippen LogP contribution >= 0.6 is 39.1 Å². The van der Waals surface area contributed by atoms with Crippen molar-refractivity contribution in [1.82, 2.24) is 0 Å². The van der Waals surface area contributed by atoms with Gasteiger partial charge in [0.05, 0.1) is 16.1 Å². The molecule has 2 aromatic rings. The molecule has 0 aliphatic rings. The van der Waals surface area contributed by atoms with Crippen molar-refractivity contribution in [2.24, 2.45) is 5.73 Å². The lowest BCUT2D eigenvalue weighted by molar-refractivity contribution is 0.871. The van der Waals surface area contributed by atoms with Crippen LogP contribution in [0.4, 0.5) is 0 Å². The van der Waals surface area contributed by atoms with Crippen molar-refractivity contribution in [2.75, 3.05) is 0 Å². The monoisotopic (exact) mass is 329 g/mol. The van der Waals surface area contributed by atoms with Crippen molar-refractivity contribution in [3.8, 4) is 0 Å². The number of halogens is 3. The van der Waals surface area contributed by atoms with Gasteiger partial charge in [-0.3, -0.25) is 0 Å². The van der Waals surface area contributed by atoms with Crippen molar-refractivity contribution in [2.45, 2.75) is 6.04 Å². The summed E-state index contributed by atoms with van der Waals surface area (Å²) in [4.78, 5) is 0. The molecule has 0 spiro atoms. The molecule has 17 heavy (non-hydrogen) atoms. The molecule has 0 aliphatic heterocycles. The van der Waals surface area contributed by atoms with Crippen LogP contribution in [0, 0.1) is 0 Å². The topological polar surface area (TPSA) is 26.0 Å². The fraction of sp³-hybridized carbons (Fsp3) is 0.0769. The number of hydrogen-bond acceptors (Lipinski definition) is 1. The summed E-state index contributed by atoms with van der Waals surface area (Å²) >= 11 is 15.6.